The highest BCUT2D eigenvalue weighted by Gasteiger charge is 2.24. The molecule has 5 nitrogen and oxygen atoms in total. The first-order valence-electron chi connectivity index (χ1n) is 11.9. The average molecular weight is 415 g/mol. The maximum absolute atomic E-state index is 12.5. The first-order valence-corrected chi connectivity index (χ1v) is 11.9. The SMILES string of the molecule is CCCc1ccc(OCC(=O)N2CCC(NC(=O)CCC3CCCCC3)CC2)cc1. The minimum absolute atomic E-state index is 0.0229. The molecule has 0 spiro atoms. The molecule has 30 heavy (non-hydrogen) atoms. The summed E-state index contributed by atoms with van der Waals surface area (Å²) in [6.07, 6.45) is 12.1. The van der Waals surface area contributed by atoms with E-state index in [4.69, 9.17) is 4.74 Å². The lowest BCUT2D eigenvalue weighted by Gasteiger charge is -2.32. The highest BCUT2D eigenvalue weighted by atomic mass is 16.5. The van der Waals surface area contributed by atoms with Crippen molar-refractivity contribution in [2.24, 2.45) is 5.92 Å². The molecule has 0 atom stereocenters. The third kappa shape index (κ3) is 7.33. The fraction of sp³-hybridized carbons (Fsp3) is 0.680. The quantitative estimate of drug-likeness (QED) is 0.648. The van der Waals surface area contributed by atoms with E-state index in [0.29, 0.717) is 19.5 Å². The Balaban J connectivity index is 1.31. The number of amides is 2. The second-order valence-corrected chi connectivity index (χ2v) is 8.95. The number of nitrogens with one attached hydrogen (secondary N) is 1. The summed E-state index contributed by atoms with van der Waals surface area (Å²) in [5.41, 5.74) is 1.29. The Morgan fingerprint density at radius 3 is 2.40 bits per heavy atom. The van der Waals surface area contributed by atoms with Gasteiger partial charge in [-0.05, 0) is 49.3 Å². The first-order chi connectivity index (χ1) is 14.6. The van der Waals surface area contributed by atoms with E-state index in [1.807, 2.05) is 17.0 Å². The standard InChI is InChI=1S/C25H38N2O3/c1-2-6-20-9-12-23(13-10-20)30-19-25(29)27-17-15-22(16-18-27)26-24(28)14-11-21-7-4-3-5-8-21/h9-10,12-13,21-22H,2-8,11,14-19H2,1H3,(H,26,28). The molecule has 1 heterocycles. The number of benzene rings is 1. The summed E-state index contributed by atoms with van der Waals surface area (Å²) in [5.74, 6) is 1.69. The summed E-state index contributed by atoms with van der Waals surface area (Å²) in [6.45, 7) is 3.61. The number of rotatable bonds is 9. The van der Waals surface area contributed by atoms with Crippen LogP contribution in [-0.4, -0.2) is 42.5 Å². The lowest BCUT2D eigenvalue weighted by molar-refractivity contribution is -0.134. The zero-order valence-electron chi connectivity index (χ0n) is 18.5. The van der Waals surface area contributed by atoms with Gasteiger partial charge in [0.05, 0.1) is 0 Å². The lowest BCUT2D eigenvalue weighted by Crippen LogP contribution is -2.47. The molecule has 2 aliphatic rings. The van der Waals surface area contributed by atoms with Gasteiger partial charge >= 0.3 is 0 Å². The van der Waals surface area contributed by atoms with Crippen LogP contribution in [0.1, 0.15) is 76.7 Å². The Bertz CT molecular complexity index is 659. The van der Waals surface area contributed by atoms with E-state index in [9.17, 15) is 9.59 Å². The fourth-order valence-electron chi connectivity index (χ4n) is 4.66. The second-order valence-electron chi connectivity index (χ2n) is 8.95. The van der Waals surface area contributed by atoms with Gasteiger partial charge in [0.25, 0.3) is 5.91 Å². The van der Waals surface area contributed by atoms with E-state index < -0.39 is 0 Å². The molecule has 3 rings (SSSR count). The normalized spacial score (nSPS) is 18.2. The maximum Gasteiger partial charge on any atom is 0.260 e. The van der Waals surface area contributed by atoms with Gasteiger partial charge in [-0.2, -0.15) is 0 Å². The van der Waals surface area contributed by atoms with Crippen molar-refractivity contribution in [3.8, 4) is 5.75 Å². The van der Waals surface area contributed by atoms with Crippen LogP contribution in [0.5, 0.6) is 5.75 Å². The van der Waals surface area contributed by atoms with E-state index in [2.05, 4.69) is 24.4 Å². The number of carbonyl (C=O) groups is 2. The molecule has 2 fully saturated rings. The van der Waals surface area contributed by atoms with Gasteiger partial charge in [-0.3, -0.25) is 9.59 Å². The number of likely N-dealkylation sites (tertiary alicyclic amines) is 1. The predicted octanol–water partition coefficient (Wildman–Crippen LogP) is 4.49. The van der Waals surface area contributed by atoms with Crippen LogP contribution in [-0.2, 0) is 16.0 Å². The molecular formula is C25H38N2O3. The van der Waals surface area contributed by atoms with Gasteiger partial charge in [-0.1, -0.05) is 57.6 Å². The number of carbonyl (C=O) groups excluding carboxylic acids is 2. The molecule has 2 amide bonds. The molecular weight excluding hydrogens is 376 g/mol. The van der Waals surface area contributed by atoms with Crippen LogP contribution in [0.4, 0.5) is 0 Å². The molecule has 1 aromatic carbocycles. The molecule has 1 N–H and O–H groups in total. The molecule has 0 unspecified atom stereocenters. The van der Waals surface area contributed by atoms with Gasteiger partial charge in [-0.25, -0.2) is 0 Å². The summed E-state index contributed by atoms with van der Waals surface area (Å²) < 4.78 is 5.67. The van der Waals surface area contributed by atoms with Crippen molar-refractivity contribution < 1.29 is 14.3 Å². The molecule has 5 heteroatoms. The Hall–Kier alpha value is -2.04. The van der Waals surface area contributed by atoms with Crippen molar-refractivity contribution in [2.45, 2.75) is 83.6 Å². The van der Waals surface area contributed by atoms with E-state index in [-0.39, 0.29) is 24.5 Å². The Morgan fingerprint density at radius 2 is 1.73 bits per heavy atom. The first kappa shape index (κ1) is 22.6. The van der Waals surface area contributed by atoms with Gasteiger partial charge in [0.1, 0.15) is 5.75 Å². The highest BCUT2D eigenvalue weighted by Crippen LogP contribution is 2.27. The third-order valence-electron chi connectivity index (χ3n) is 6.54. The van der Waals surface area contributed by atoms with E-state index in [0.717, 1.165) is 43.8 Å². The topological polar surface area (TPSA) is 58.6 Å². The monoisotopic (exact) mass is 414 g/mol. The lowest BCUT2D eigenvalue weighted by atomic mass is 9.86. The minimum Gasteiger partial charge on any atom is -0.484 e. The van der Waals surface area contributed by atoms with Gasteiger partial charge in [-0.15, -0.1) is 0 Å². The van der Waals surface area contributed by atoms with E-state index in [1.54, 1.807) is 0 Å². The largest absolute Gasteiger partial charge is 0.484 e. The van der Waals surface area contributed by atoms with Crippen LogP contribution in [0.15, 0.2) is 24.3 Å². The Kier molecular flexibility index (Phi) is 9.03. The summed E-state index contributed by atoms with van der Waals surface area (Å²) in [7, 11) is 0. The molecule has 1 aliphatic carbocycles. The van der Waals surface area contributed by atoms with Crippen molar-refractivity contribution in [3.05, 3.63) is 29.8 Å². The van der Waals surface area contributed by atoms with Crippen LogP contribution in [0.3, 0.4) is 0 Å². The number of nitrogens with zero attached hydrogens (tertiary/aromatic N) is 1. The molecule has 1 saturated heterocycles. The highest BCUT2D eigenvalue weighted by molar-refractivity contribution is 5.78. The molecule has 1 aliphatic heterocycles. The average Bonchev–Trinajstić information content (AvgIpc) is 2.78. The van der Waals surface area contributed by atoms with Crippen LogP contribution in [0.25, 0.3) is 0 Å². The smallest absolute Gasteiger partial charge is 0.260 e. The number of aryl methyl sites for hydroxylation is 1. The minimum atomic E-state index is 0.0229. The molecule has 1 aromatic rings. The van der Waals surface area contributed by atoms with Crippen molar-refractivity contribution in [1.82, 2.24) is 10.2 Å². The zero-order valence-corrected chi connectivity index (χ0v) is 18.5. The van der Waals surface area contributed by atoms with Crippen molar-refractivity contribution in [1.29, 1.82) is 0 Å². The fourth-order valence-corrected chi connectivity index (χ4v) is 4.66. The van der Waals surface area contributed by atoms with Gasteiger partial charge in [0.15, 0.2) is 6.61 Å². The van der Waals surface area contributed by atoms with Crippen molar-refractivity contribution >= 4 is 11.8 Å². The maximum atomic E-state index is 12.5. The zero-order chi connectivity index (χ0) is 21.2. The summed E-state index contributed by atoms with van der Waals surface area (Å²) >= 11 is 0. The van der Waals surface area contributed by atoms with Crippen molar-refractivity contribution in [2.75, 3.05) is 19.7 Å². The molecule has 166 valence electrons. The van der Waals surface area contributed by atoms with Gasteiger partial charge in [0.2, 0.25) is 5.91 Å². The van der Waals surface area contributed by atoms with Crippen molar-refractivity contribution in [3.63, 3.8) is 0 Å². The number of ether oxygens (including phenoxy) is 1. The number of piperidine rings is 1. The predicted molar refractivity (Wildman–Crippen MR) is 119 cm³/mol. The van der Waals surface area contributed by atoms with Crippen LogP contribution < -0.4 is 10.1 Å². The molecule has 1 saturated carbocycles. The summed E-state index contributed by atoms with van der Waals surface area (Å²) in [6, 6.07) is 8.19. The molecule has 0 aromatic heterocycles. The number of hydrogen-bond donors (Lipinski definition) is 1. The molecule has 0 radical (unpaired) electrons. The van der Waals surface area contributed by atoms with E-state index >= 15 is 0 Å². The van der Waals surface area contributed by atoms with Gasteiger partial charge in [0, 0.05) is 25.6 Å². The van der Waals surface area contributed by atoms with Gasteiger partial charge < -0.3 is 15.0 Å². The third-order valence-corrected chi connectivity index (χ3v) is 6.54. The second kappa shape index (κ2) is 12.0. The summed E-state index contributed by atoms with van der Waals surface area (Å²) in [4.78, 5) is 26.6. The Morgan fingerprint density at radius 1 is 1.03 bits per heavy atom. The summed E-state index contributed by atoms with van der Waals surface area (Å²) in [5, 5.41) is 3.18. The molecule has 0 bridgehead atoms. The van der Waals surface area contributed by atoms with Crippen LogP contribution in [0, 0.1) is 5.92 Å². The van der Waals surface area contributed by atoms with Crippen LogP contribution in [0.2, 0.25) is 0 Å². The Labute approximate surface area is 181 Å². The van der Waals surface area contributed by atoms with E-state index in [1.165, 1.54) is 37.7 Å². The number of hydrogen-bond acceptors (Lipinski definition) is 3. The van der Waals surface area contributed by atoms with Crippen LogP contribution >= 0.6 is 0 Å².